The Balaban J connectivity index is 1.58. The summed E-state index contributed by atoms with van der Waals surface area (Å²) in [6.07, 6.45) is 3.84. The third-order valence-electron chi connectivity index (χ3n) is 5.68. The molecule has 0 aliphatic carbocycles. The van der Waals surface area contributed by atoms with E-state index in [4.69, 9.17) is 9.84 Å². The number of carbonyl (C=O) groups excluding carboxylic acids is 1. The third kappa shape index (κ3) is 4.71. The summed E-state index contributed by atoms with van der Waals surface area (Å²) in [5.74, 6) is 1.22. The summed E-state index contributed by atoms with van der Waals surface area (Å²) in [5, 5.41) is 32.4. The van der Waals surface area contributed by atoms with Crippen LogP contribution in [0.15, 0.2) is 48.9 Å². The molecule has 0 saturated carbocycles. The Bertz CT molecular complexity index is 1240. The molecule has 1 amide bonds. The largest absolute Gasteiger partial charge is 0.489 e. The average Bonchev–Trinajstić information content (AvgIpc) is 3.29. The van der Waals surface area contributed by atoms with Gasteiger partial charge in [0.25, 0.3) is 0 Å². The first-order valence-corrected chi connectivity index (χ1v) is 10.9. The number of anilines is 1. The van der Waals surface area contributed by atoms with E-state index in [1.165, 1.54) is 6.20 Å². The van der Waals surface area contributed by atoms with Crippen LogP contribution in [0.4, 0.5) is 5.82 Å². The number of amides is 1. The molecule has 0 aromatic carbocycles. The number of rotatable bonds is 7. The van der Waals surface area contributed by atoms with Crippen LogP contribution >= 0.6 is 0 Å². The van der Waals surface area contributed by atoms with E-state index in [1.54, 1.807) is 34.8 Å². The van der Waals surface area contributed by atoms with Crippen molar-refractivity contribution in [1.82, 2.24) is 19.5 Å². The van der Waals surface area contributed by atoms with Crippen LogP contribution in [0.3, 0.4) is 0 Å². The van der Waals surface area contributed by atoms with Crippen molar-refractivity contribution in [2.45, 2.75) is 13.0 Å². The van der Waals surface area contributed by atoms with Crippen LogP contribution in [-0.4, -0.2) is 81.1 Å². The predicted octanol–water partition coefficient (Wildman–Crippen LogP) is 1.22. The Morgan fingerprint density at radius 3 is 2.68 bits per heavy atom. The maximum atomic E-state index is 12.1. The number of piperazine rings is 1. The lowest BCUT2D eigenvalue weighted by Gasteiger charge is -2.35. The van der Waals surface area contributed by atoms with Crippen molar-refractivity contribution in [2.24, 2.45) is 0 Å². The number of nitriles is 1. The van der Waals surface area contributed by atoms with Gasteiger partial charge in [-0.15, -0.1) is 0 Å². The van der Waals surface area contributed by atoms with E-state index in [-0.39, 0.29) is 12.5 Å². The molecule has 2 N–H and O–H groups in total. The fraction of sp³-hybridized carbons (Fsp3) is 0.333. The van der Waals surface area contributed by atoms with Crippen LogP contribution in [0.2, 0.25) is 0 Å². The third-order valence-corrected chi connectivity index (χ3v) is 5.68. The standard InChI is InChI=1S/C24H26N6O4/c1-16(2)24(33)29-7-5-28(6-8-29)22-4-3-17(11-26-22)21-9-20(34-15-19(32)14-31)13-30-23(21)18(10-25)12-27-30/h3-4,9,11-13,19,31-32H,1,5-8,14-15H2,2H3/t19-/m1/s1. The van der Waals surface area contributed by atoms with Crippen molar-refractivity contribution in [2.75, 3.05) is 44.3 Å². The van der Waals surface area contributed by atoms with Gasteiger partial charge in [0.2, 0.25) is 5.91 Å². The van der Waals surface area contributed by atoms with Gasteiger partial charge in [-0.05, 0) is 25.1 Å². The number of nitrogens with zero attached hydrogens (tertiary/aromatic N) is 6. The van der Waals surface area contributed by atoms with Gasteiger partial charge in [-0.2, -0.15) is 10.4 Å². The molecule has 0 spiro atoms. The zero-order chi connectivity index (χ0) is 24.2. The highest BCUT2D eigenvalue weighted by molar-refractivity contribution is 5.92. The summed E-state index contributed by atoms with van der Waals surface area (Å²) in [7, 11) is 0. The van der Waals surface area contributed by atoms with Gasteiger partial charge in [0.15, 0.2) is 0 Å². The summed E-state index contributed by atoms with van der Waals surface area (Å²) in [6.45, 7) is 7.53. The molecule has 3 aromatic heterocycles. The van der Waals surface area contributed by atoms with E-state index in [0.29, 0.717) is 54.1 Å². The second-order valence-electron chi connectivity index (χ2n) is 8.16. The van der Waals surface area contributed by atoms with Gasteiger partial charge in [-0.25, -0.2) is 9.50 Å². The first kappa shape index (κ1) is 23.2. The van der Waals surface area contributed by atoms with E-state index >= 15 is 0 Å². The Kier molecular flexibility index (Phi) is 6.77. The average molecular weight is 463 g/mol. The fourth-order valence-electron chi connectivity index (χ4n) is 3.86. The van der Waals surface area contributed by atoms with Crippen molar-refractivity contribution in [3.63, 3.8) is 0 Å². The number of aromatic nitrogens is 3. The van der Waals surface area contributed by atoms with Gasteiger partial charge >= 0.3 is 0 Å². The number of ether oxygens (including phenoxy) is 1. The molecule has 0 bridgehead atoms. The minimum Gasteiger partial charge on any atom is -0.489 e. The van der Waals surface area contributed by atoms with Crippen molar-refractivity contribution in [3.8, 4) is 22.9 Å². The summed E-state index contributed by atoms with van der Waals surface area (Å²) in [4.78, 5) is 20.7. The Morgan fingerprint density at radius 2 is 2.06 bits per heavy atom. The van der Waals surface area contributed by atoms with Crippen molar-refractivity contribution >= 4 is 17.2 Å². The summed E-state index contributed by atoms with van der Waals surface area (Å²) in [5.41, 5.74) is 3.06. The topological polar surface area (TPSA) is 127 Å². The van der Waals surface area contributed by atoms with Gasteiger partial charge in [-0.1, -0.05) is 6.58 Å². The molecule has 176 valence electrons. The lowest BCUT2D eigenvalue weighted by atomic mass is 10.1. The van der Waals surface area contributed by atoms with Gasteiger partial charge < -0.3 is 24.7 Å². The molecular formula is C24H26N6O4. The smallest absolute Gasteiger partial charge is 0.249 e. The van der Waals surface area contributed by atoms with Crippen LogP contribution in [-0.2, 0) is 4.79 Å². The molecule has 0 radical (unpaired) electrons. The second kappa shape index (κ2) is 9.91. The molecule has 4 heterocycles. The van der Waals surface area contributed by atoms with E-state index in [9.17, 15) is 15.2 Å². The molecule has 10 nitrogen and oxygen atoms in total. The fourth-order valence-corrected chi connectivity index (χ4v) is 3.86. The number of aliphatic hydroxyl groups excluding tert-OH is 2. The highest BCUT2D eigenvalue weighted by atomic mass is 16.5. The lowest BCUT2D eigenvalue weighted by Crippen LogP contribution is -2.49. The highest BCUT2D eigenvalue weighted by Gasteiger charge is 2.22. The van der Waals surface area contributed by atoms with Crippen LogP contribution in [0, 0.1) is 11.3 Å². The molecule has 0 unspecified atom stereocenters. The summed E-state index contributed by atoms with van der Waals surface area (Å²) < 4.78 is 7.17. The number of aliphatic hydroxyl groups is 2. The molecule has 3 aromatic rings. The first-order valence-electron chi connectivity index (χ1n) is 10.9. The maximum absolute atomic E-state index is 12.1. The Labute approximate surface area is 196 Å². The van der Waals surface area contributed by atoms with Gasteiger partial charge in [-0.3, -0.25) is 4.79 Å². The predicted molar refractivity (Wildman–Crippen MR) is 125 cm³/mol. The monoisotopic (exact) mass is 462 g/mol. The van der Waals surface area contributed by atoms with Crippen LogP contribution in [0.25, 0.3) is 16.6 Å². The molecule has 1 saturated heterocycles. The number of hydrogen-bond donors (Lipinski definition) is 2. The Hall–Kier alpha value is -3.94. The van der Waals surface area contributed by atoms with E-state index in [0.717, 1.165) is 11.4 Å². The molecule has 1 aliphatic heterocycles. The zero-order valence-electron chi connectivity index (χ0n) is 18.9. The minimum absolute atomic E-state index is 0.0188. The van der Waals surface area contributed by atoms with Crippen LogP contribution < -0.4 is 9.64 Å². The van der Waals surface area contributed by atoms with Crippen molar-refractivity contribution in [3.05, 3.63) is 54.5 Å². The quantitative estimate of drug-likeness (QED) is 0.502. The van der Waals surface area contributed by atoms with E-state index in [2.05, 4.69) is 27.6 Å². The Morgan fingerprint density at radius 1 is 1.29 bits per heavy atom. The van der Waals surface area contributed by atoms with Gasteiger partial charge in [0, 0.05) is 49.1 Å². The van der Waals surface area contributed by atoms with Crippen LogP contribution in [0.5, 0.6) is 5.75 Å². The van der Waals surface area contributed by atoms with E-state index in [1.807, 2.05) is 12.1 Å². The molecule has 4 rings (SSSR count). The normalized spacial score (nSPS) is 14.6. The number of pyridine rings is 2. The van der Waals surface area contributed by atoms with Crippen molar-refractivity contribution < 1.29 is 19.7 Å². The number of fused-ring (bicyclic) bond motifs is 1. The summed E-state index contributed by atoms with van der Waals surface area (Å²) in [6, 6.07) is 7.75. The van der Waals surface area contributed by atoms with E-state index < -0.39 is 12.7 Å². The number of carbonyl (C=O) groups is 1. The molecule has 1 fully saturated rings. The molecule has 10 heteroatoms. The SMILES string of the molecule is C=C(C)C(=O)N1CCN(c2ccc(-c3cc(OC[C@H](O)CO)cn4ncc(C#N)c34)cn2)CC1. The lowest BCUT2D eigenvalue weighted by molar-refractivity contribution is -0.127. The van der Waals surface area contributed by atoms with Crippen LogP contribution in [0.1, 0.15) is 12.5 Å². The second-order valence-corrected chi connectivity index (χ2v) is 8.16. The molecule has 1 aliphatic rings. The van der Waals surface area contributed by atoms with Gasteiger partial charge in [0.05, 0.1) is 30.1 Å². The highest BCUT2D eigenvalue weighted by Crippen LogP contribution is 2.31. The molecular weight excluding hydrogens is 436 g/mol. The maximum Gasteiger partial charge on any atom is 0.249 e. The minimum atomic E-state index is -1.00. The molecule has 34 heavy (non-hydrogen) atoms. The van der Waals surface area contributed by atoms with Gasteiger partial charge in [0.1, 0.15) is 30.3 Å². The van der Waals surface area contributed by atoms with Crippen molar-refractivity contribution in [1.29, 1.82) is 5.26 Å². The number of hydrogen-bond acceptors (Lipinski definition) is 8. The molecule has 1 atom stereocenters. The summed E-state index contributed by atoms with van der Waals surface area (Å²) >= 11 is 0. The zero-order valence-corrected chi connectivity index (χ0v) is 18.9. The first-order chi connectivity index (χ1) is 16.4.